The van der Waals surface area contributed by atoms with Crippen molar-refractivity contribution in [3.63, 3.8) is 0 Å². The van der Waals surface area contributed by atoms with Crippen molar-refractivity contribution in [3.05, 3.63) is 22.1 Å². The van der Waals surface area contributed by atoms with Crippen LogP contribution in [0.1, 0.15) is 57.6 Å². The number of hydrogen-bond donors (Lipinski definition) is 1. The summed E-state index contributed by atoms with van der Waals surface area (Å²) in [5.41, 5.74) is 0.676. The van der Waals surface area contributed by atoms with Gasteiger partial charge in [0.2, 0.25) is 5.91 Å². The Kier molecular flexibility index (Phi) is 5.98. The number of thioether (sulfide) groups is 1. The first-order chi connectivity index (χ1) is 11.7. The van der Waals surface area contributed by atoms with Crippen LogP contribution >= 0.6 is 11.8 Å². The number of nitrogens with zero attached hydrogens (tertiary/aromatic N) is 2. The van der Waals surface area contributed by atoms with Crippen molar-refractivity contribution in [2.24, 2.45) is 5.92 Å². The maximum Gasteiger partial charge on any atom is 0.251 e. The first-order valence-corrected chi connectivity index (χ1v) is 10.2. The summed E-state index contributed by atoms with van der Waals surface area (Å²) in [5, 5.41) is 0.566. The van der Waals surface area contributed by atoms with E-state index in [2.05, 4.69) is 21.8 Å². The molecule has 2 heterocycles. The van der Waals surface area contributed by atoms with Crippen LogP contribution in [0.5, 0.6) is 0 Å². The summed E-state index contributed by atoms with van der Waals surface area (Å²) in [6.45, 7) is 2.95. The number of aryl methyl sites for hydroxylation is 1. The van der Waals surface area contributed by atoms with Gasteiger partial charge in [-0.25, -0.2) is 4.98 Å². The van der Waals surface area contributed by atoms with E-state index < -0.39 is 0 Å². The SMILES string of the molecule is CCCc1cc(=O)[nH]c(SCC(=O)N2CCC[C@H]3CCCC[C@H]32)n1. The molecule has 2 atom stereocenters. The fourth-order valence-electron chi connectivity index (χ4n) is 4.08. The molecular weight excluding hydrogens is 322 g/mol. The Bertz CT molecular complexity index is 629. The van der Waals surface area contributed by atoms with Crippen LogP contribution in [0, 0.1) is 5.92 Å². The molecule has 132 valence electrons. The predicted molar refractivity (Wildman–Crippen MR) is 96.3 cm³/mol. The van der Waals surface area contributed by atoms with Crippen LogP contribution < -0.4 is 5.56 Å². The van der Waals surface area contributed by atoms with Crippen LogP contribution in [0.25, 0.3) is 0 Å². The van der Waals surface area contributed by atoms with Crippen molar-refractivity contribution in [3.8, 4) is 0 Å². The number of carbonyl (C=O) groups is 1. The van der Waals surface area contributed by atoms with Crippen molar-refractivity contribution in [1.82, 2.24) is 14.9 Å². The van der Waals surface area contributed by atoms with Gasteiger partial charge in [0.1, 0.15) is 0 Å². The van der Waals surface area contributed by atoms with Gasteiger partial charge in [0, 0.05) is 24.3 Å². The second-order valence-electron chi connectivity index (χ2n) is 6.92. The second-order valence-corrected chi connectivity index (χ2v) is 7.89. The highest BCUT2D eigenvalue weighted by Gasteiger charge is 2.35. The molecule has 2 aliphatic rings. The number of likely N-dealkylation sites (tertiary alicyclic amines) is 1. The van der Waals surface area contributed by atoms with Crippen molar-refractivity contribution < 1.29 is 4.79 Å². The largest absolute Gasteiger partial charge is 0.339 e. The molecule has 1 N–H and O–H groups in total. The second kappa shape index (κ2) is 8.19. The van der Waals surface area contributed by atoms with E-state index in [1.807, 2.05) is 0 Å². The number of rotatable bonds is 5. The van der Waals surface area contributed by atoms with E-state index in [0.717, 1.165) is 37.9 Å². The standard InChI is InChI=1S/C18H27N3O2S/c1-2-6-14-11-16(22)20-18(19-14)24-12-17(23)21-10-5-8-13-7-3-4-9-15(13)21/h11,13,15H,2-10,12H2,1H3,(H,19,20,22)/t13-,15-/m1/s1. The van der Waals surface area contributed by atoms with Crippen molar-refractivity contribution >= 4 is 17.7 Å². The normalized spacial score (nSPS) is 23.8. The van der Waals surface area contributed by atoms with Crippen LogP contribution in [0.2, 0.25) is 0 Å². The summed E-state index contributed by atoms with van der Waals surface area (Å²) in [7, 11) is 0. The molecule has 1 aliphatic carbocycles. The van der Waals surface area contributed by atoms with Crippen LogP contribution in [-0.2, 0) is 11.2 Å². The van der Waals surface area contributed by atoms with Crippen LogP contribution in [-0.4, -0.2) is 39.1 Å². The third-order valence-electron chi connectivity index (χ3n) is 5.18. The molecule has 0 unspecified atom stereocenters. The molecule has 0 radical (unpaired) electrons. The highest BCUT2D eigenvalue weighted by molar-refractivity contribution is 7.99. The minimum absolute atomic E-state index is 0.131. The molecule has 0 bridgehead atoms. The Hall–Kier alpha value is -1.30. The maximum atomic E-state index is 12.7. The molecule has 6 heteroatoms. The van der Waals surface area contributed by atoms with E-state index in [1.54, 1.807) is 6.07 Å². The van der Waals surface area contributed by atoms with Gasteiger partial charge in [-0.3, -0.25) is 9.59 Å². The average Bonchev–Trinajstić information content (AvgIpc) is 2.59. The summed E-state index contributed by atoms with van der Waals surface area (Å²) in [6, 6.07) is 1.99. The number of fused-ring (bicyclic) bond motifs is 1. The third kappa shape index (κ3) is 4.21. The predicted octanol–water partition coefficient (Wildman–Crippen LogP) is 3.00. The number of carbonyl (C=O) groups excluding carboxylic acids is 1. The van der Waals surface area contributed by atoms with Gasteiger partial charge in [-0.05, 0) is 38.0 Å². The van der Waals surface area contributed by atoms with Gasteiger partial charge in [-0.15, -0.1) is 0 Å². The Labute approximate surface area is 147 Å². The lowest BCUT2D eigenvalue weighted by Crippen LogP contribution is -2.50. The van der Waals surface area contributed by atoms with E-state index in [4.69, 9.17) is 0 Å². The molecule has 1 aromatic heterocycles. The number of piperidine rings is 1. The lowest BCUT2D eigenvalue weighted by molar-refractivity contribution is -0.134. The van der Waals surface area contributed by atoms with E-state index in [0.29, 0.717) is 22.9 Å². The summed E-state index contributed by atoms with van der Waals surface area (Å²) in [4.78, 5) is 33.7. The van der Waals surface area contributed by atoms with Gasteiger partial charge >= 0.3 is 0 Å². The number of H-pyrrole nitrogens is 1. The Balaban J connectivity index is 1.61. The molecule has 1 aromatic rings. The molecule has 5 nitrogen and oxygen atoms in total. The topological polar surface area (TPSA) is 66.1 Å². The number of aromatic nitrogens is 2. The molecule has 1 amide bonds. The molecule has 2 fully saturated rings. The molecule has 24 heavy (non-hydrogen) atoms. The van der Waals surface area contributed by atoms with Crippen molar-refractivity contribution in [2.45, 2.75) is 69.5 Å². The fourth-order valence-corrected chi connectivity index (χ4v) is 4.86. The zero-order chi connectivity index (χ0) is 16.9. The molecule has 1 saturated carbocycles. The lowest BCUT2D eigenvalue weighted by atomic mass is 9.78. The van der Waals surface area contributed by atoms with Gasteiger partial charge in [0.15, 0.2) is 5.16 Å². The Morgan fingerprint density at radius 1 is 1.33 bits per heavy atom. The van der Waals surface area contributed by atoms with E-state index in [9.17, 15) is 9.59 Å². The zero-order valence-electron chi connectivity index (χ0n) is 14.4. The molecule has 0 aromatic carbocycles. The van der Waals surface area contributed by atoms with E-state index >= 15 is 0 Å². The molecular formula is C18H27N3O2S. The number of amides is 1. The number of nitrogens with one attached hydrogen (secondary N) is 1. The van der Waals surface area contributed by atoms with Crippen LogP contribution in [0.15, 0.2) is 16.0 Å². The van der Waals surface area contributed by atoms with Crippen molar-refractivity contribution in [1.29, 1.82) is 0 Å². The summed E-state index contributed by atoms with van der Waals surface area (Å²) < 4.78 is 0. The third-order valence-corrected chi connectivity index (χ3v) is 6.03. The average molecular weight is 350 g/mol. The number of hydrogen-bond acceptors (Lipinski definition) is 4. The Morgan fingerprint density at radius 2 is 2.12 bits per heavy atom. The monoisotopic (exact) mass is 349 g/mol. The van der Waals surface area contributed by atoms with E-state index in [-0.39, 0.29) is 11.5 Å². The minimum Gasteiger partial charge on any atom is -0.339 e. The van der Waals surface area contributed by atoms with Crippen LogP contribution in [0.3, 0.4) is 0 Å². The highest BCUT2D eigenvalue weighted by Crippen LogP contribution is 2.35. The summed E-state index contributed by atoms with van der Waals surface area (Å²) in [6.07, 6.45) is 9.13. The first-order valence-electron chi connectivity index (χ1n) is 9.20. The molecule has 1 aliphatic heterocycles. The van der Waals surface area contributed by atoms with Gasteiger partial charge in [-0.2, -0.15) is 0 Å². The van der Waals surface area contributed by atoms with Crippen LogP contribution in [0.4, 0.5) is 0 Å². The maximum absolute atomic E-state index is 12.7. The lowest BCUT2D eigenvalue weighted by Gasteiger charge is -2.44. The van der Waals surface area contributed by atoms with Crippen molar-refractivity contribution in [2.75, 3.05) is 12.3 Å². The van der Waals surface area contributed by atoms with Gasteiger partial charge in [0.25, 0.3) is 5.56 Å². The molecule has 0 spiro atoms. The fraction of sp³-hybridized carbons (Fsp3) is 0.722. The smallest absolute Gasteiger partial charge is 0.251 e. The first kappa shape index (κ1) is 17.5. The Morgan fingerprint density at radius 3 is 2.96 bits per heavy atom. The van der Waals surface area contributed by atoms with Gasteiger partial charge < -0.3 is 9.88 Å². The number of aromatic amines is 1. The molecule has 3 rings (SSSR count). The summed E-state index contributed by atoms with van der Waals surface area (Å²) in [5.74, 6) is 1.26. The zero-order valence-corrected chi connectivity index (χ0v) is 15.2. The molecule has 1 saturated heterocycles. The summed E-state index contributed by atoms with van der Waals surface area (Å²) >= 11 is 1.36. The van der Waals surface area contributed by atoms with Gasteiger partial charge in [-0.1, -0.05) is 37.9 Å². The van der Waals surface area contributed by atoms with E-state index in [1.165, 1.54) is 37.4 Å². The van der Waals surface area contributed by atoms with Gasteiger partial charge in [0.05, 0.1) is 5.75 Å². The minimum atomic E-state index is -0.131. The quantitative estimate of drug-likeness (QED) is 0.655. The highest BCUT2D eigenvalue weighted by atomic mass is 32.2.